The Labute approximate surface area is 154 Å². The fourth-order valence-corrected chi connectivity index (χ4v) is 3.16. The van der Waals surface area contributed by atoms with Crippen LogP contribution in [0.25, 0.3) is 0 Å². The molecule has 0 saturated carbocycles. The third-order valence-electron chi connectivity index (χ3n) is 4.37. The third-order valence-corrected chi connectivity index (χ3v) is 4.37. The van der Waals surface area contributed by atoms with Gasteiger partial charge in [0.1, 0.15) is 5.76 Å². The zero-order valence-electron chi connectivity index (χ0n) is 13.5. The number of rotatable bonds is 4. The number of halogens is 1. The van der Waals surface area contributed by atoms with Crippen molar-refractivity contribution < 1.29 is 13.9 Å². The third kappa shape index (κ3) is 5.09. The first-order chi connectivity index (χ1) is 10.8. The summed E-state index contributed by atoms with van der Waals surface area (Å²) in [5, 5.41) is 6.85. The highest BCUT2D eigenvalue weighted by atomic mass is 127. The van der Waals surface area contributed by atoms with Crippen LogP contribution in [0.3, 0.4) is 0 Å². The number of nitrogens with zero attached hydrogens (tertiary/aromatic N) is 1. The van der Waals surface area contributed by atoms with Gasteiger partial charge in [0.05, 0.1) is 18.5 Å². The van der Waals surface area contributed by atoms with Gasteiger partial charge in [0.25, 0.3) is 0 Å². The Morgan fingerprint density at radius 1 is 1.43 bits per heavy atom. The van der Waals surface area contributed by atoms with Crippen molar-refractivity contribution >= 4 is 29.9 Å². The van der Waals surface area contributed by atoms with E-state index < -0.39 is 0 Å². The molecule has 23 heavy (non-hydrogen) atoms. The molecule has 0 radical (unpaired) electrons. The first-order valence-electron chi connectivity index (χ1n) is 8.01. The maximum Gasteiger partial charge on any atom is 0.191 e. The van der Waals surface area contributed by atoms with Crippen LogP contribution in [0.4, 0.5) is 0 Å². The number of aliphatic imine (C=N–C) groups is 1. The van der Waals surface area contributed by atoms with E-state index in [1.807, 2.05) is 12.1 Å². The standard InChI is InChI=1S/C16H25N3O3.HI/c1-17-15(18-7-4-14-3-2-8-21-14)19-13-5-9-22-16(11-13)6-10-20-12-16;/h2-3,8,13H,4-7,9-12H2,1H3,(H2,17,18,19);1H. The Hall–Kier alpha value is -0.800. The Bertz CT molecular complexity index is 487. The summed E-state index contributed by atoms with van der Waals surface area (Å²) >= 11 is 0. The Balaban J connectivity index is 0.00000192. The smallest absolute Gasteiger partial charge is 0.191 e. The fourth-order valence-electron chi connectivity index (χ4n) is 3.16. The van der Waals surface area contributed by atoms with Crippen molar-refractivity contribution in [1.29, 1.82) is 0 Å². The summed E-state index contributed by atoms with van der Waals surface area (Å²) < 4.78 is 16.8. The molecule has 0 amide bonds. The number of hydrogen-bond acceptors (Lipinski definition) is 4. The van der Waals surface area contributed by atoms with Crippen molar-refractivity contribution in [2.45, 2.75) is 37.3 Å². The van der Waals surface area contributed by atoms with Crippen LogP contribution >= 0.6 is 24.0 Å². The fraction of sp³-hybridized carbons (Fsp3) is 0.688. The van der Waals surface area contributed by atoms with Crippen LogP contribution in [0.5, 0.6) is 0 Å². The van der Waals surface area contributed by atoms with E-state index in [-0.39, 0.29) is 29.6 Å². The van der Waals surface area contributed by atoms with Crippen LogP contribution in [0, 0.1) is 0 Å². The van der Waals surface area contributed by atoms with Gasteiger partial charge < -0.3 is 24.5 Å². The molecule has 0 aliphatic carbocycles. The molecule has 2 aliphatic rings. The van der Waals surface area contributed by atoms with Crippen LogP contribution in [0.15, 0.2) is 27.8 Å². The molecule has 7 heteroatoms. The second-order valence-electron chi connectivity index (χ2n) is 6.00. The summed E-state index contributed by atoms with van der Waals surface area (Å²) in [5.74, 6) is 1.82. The van der Waals surface area contributed by atoms with Gasteiger partial charge in [-0.3, -0.25) is 4.99 Å². The van der Waals surface area contributed by atoms with Crippen molar-refractivity contribution in [3.05, 3.63) is 24.2 Å². The molecule has 1 aromatic rings. The van der Waals surface area contributed by atoms with Gasteiger partial charge in [-0.2, -0.15) is 0 Å². The topological polar surface area (TPSA) is 68.0 Å². The normalized spacial score (nSPS) is 27.7. The van der Waals surface area contributed by atoms with Crippen molar-refractivity contribution in [2.75, 3.05) is 33.4 Å². The summed E-state index contributed by atoms with van der Waals surface area (Å²) in [6.45, 7) is 3.10. The molecule has 2 atom stereocenters. The average molecular weight is 435 g/mol. The van der Waals surface area contributed by atoms with Gasteiger partial charge in [0.15, 0.2) is 5.96 Å². The Morgan fingerprint density at radius 3 is 3.04 bits per heavy atom. The number of ether oxygens (including phenoxy) is 2. The Morgan fingerprint density at radius 2 is 2.35 bits per heavy atom. The van der Waals surface area contributed by atoms with Crippen molar-refractivity contribution in [2.24, 2.45) is 4.99 Å². The first kappa shape index (κ1) is 18.5. The lowest BCUT2D eigenvalue weighted by Crippen LogP contribution is -2.52. The molecule has 2 saturated heterocycles. The van der Waals surface area contributed by atoms with Gasteiger partial charge >= 0.3 is 0 Å². The highest BCUT2D eigenvalue weighted by Gasteiger charge is 2.41. The predicted octanol–water partition coefficient (Wildman–Crippen LogP) is 1.94. The van der Waals surface area contributed by atoms with Crippen molar-refractivity contribution in [3.63, 3.8) is 0 Å². The highest BCUT2D eigenvalue weighted by molar-refractivity contribution is 14.0. The van der Waals surface area contributed by atoms with Gasteiger partial charge in [-0.05, 0) is 25.0 Å². The quantitative estimate of drug-likeness (QED) is 0.430. The molecule has 3 heterocycles. The number of guanidine groups is 1. The molecule has 2 unspecified atom stereocenters. The van der Waals surface area contributed by atoms with Gasteiger partial charge in [0, 0.05) is 45.7 Å². The van der Waals surface area contributed by atoms with E-state index in [0.717, 1.165) is 63.8 Å². The largest absolute Gasteiger partial charge is 0.469 e. The minimum absolute atomic E-state index is 0. The number of nitrogens with one attached hydrogen (secondary N) is 2. The van der Waals surface area contributed by atoms with E-state index in [0.29, 0.717) is 6.04 Å². The molecular formula is C16H26IN3O3. The van der Waals surface area contributed by atoms with Crippen molar-refractivity contribution in [3.8, 4) is 0 Å². The van der Waals surface area contributed by atoms with Gasteiger partial charge in [-0.25, -0.2) is 0 Å². The lowest BCUT2D eigenvalue weighted by Gasteiger charge is -2.37. The van der Waals surface area contributed by atoms with E-state index in [1.165, 1.54) is 0 Å². The summed E-state index contributed by atoms with van der Waals surface area (Å²) in [4.78, 5) is 4.31. The maximum atomic E-state index is 5.96. The number of hydrogen-bond donors (Lipinski definition) is 2. The molecule has 2 aliphatic heterocycles. The molecule has 3 rings (SSSR count). The lowest BCUT2D eigenvalue weighted by molar-refractivity contribution is -0.0873. The Kier molecular flexibility index (Phi) is 7.16. The molecule has 130 valence electrons. The second kappa shape index (κ2) is 8.89. The van der Waals surface area contributed by atoms with E-state index in [2.05, 4.69) is 15.6 Å². The average Bonchev–Trinajstić information content (AvgIpc) is 3.19. The second-order valence-corrected chi connectivity index (χ2v) is 6.00. The van der Waals surface area contributed by atoms with Crippen LogP contribution in [-0.2, 0) is 15.9 Å². The molecule has 0 bridgehead atoms. The molecule has 2 N–H and O–H groups in total. The molecule has 2 fully saturated rings. The molecular weight excluding hydrogens is 409 g/mol. The predicted molar refractivity (Wildman–Crippen MR) is 99.5 cm³/mol. The minimum Gasteiger partial charge on any atom is -0.469 e. The van der Waals surface area contributed by atoms with Crippen molar-refractivity contribution in [1.82, 2.24) is 10.6 Å². The van der Waals surface area contributed by atoms with E-state index in [9.17, 15) is 0 Å². The number of furan rings is 1. The SMILES string of the molecule is CN=C(NCCc1ccco1)NC1CCOC2(CCOC2)C1.I. The van der Waals surface area contributed by atoms with Crippen LogP contribution in [0.1, 0.15) is 25.0 Å². The first-order valence-corrected chi connectivity index (χ1v) is 8.01. The highest BCUT2D eigenvalue weighted by Crippen LogP contribution is 2.32. The van der Waals surface area contributed by atoms with Gasteiger partial charge in [0.2, 0.25) is 0 Å². The van der Waals surface area contributed by atoms with E-state index in [4.69, 9.17) is 13.9 Å². The summed E-state index contributed by atoms with van der Waals surface area (Å²) in [5.41, 5.74) is -0.0804. The van der Waals surface area contributed by atoms with E-state index in [1.54, 1.807) is 13.3 Å². The molecule has 0 aromatic carbocycles. The van der Waals surface area contributed by atoms with Gasteiger partial charge in [-0.1, -0.05) is 0 Å². The zero-order chi connectivity index (χ0) is 15.3. The maximum absolute atomic E-state index is 5.96. The van der Waals surface area contributed by atoms with Crippen LogP contribution in [-0.4, -0.2) is 51.0 Å². The van der Waals surface area contributed by atoms with Gasteiger partial charge in [-0.15, -0.1) is 24.0 Å². The molecule has 1 spiro atoms. The van der Waals surface area contributed by atoms with Crippen LogP contribution < -0.4 is 10.6 Å². The molecule has 6 nitrogen and oxygen atoms in total. The summed E-state index contributed by atoms with van der Waals surface area (Å²) in [7, 11) is 1.80. The lowest BCUT2D eigenvalue weighted by atomic mass is 9.90. The summed E-state index contributed by atoms with van der Waals surface area (Å²) in [6, 6.07) is 4.28. The zero-order valence-corrected chi connectivity index (χ0v) is 15.9. The van der Waals surface area contributed by atoms with E-state index >= 15 is 0 Å². The monoisotopic (exact) mass is 435 g/mol. The van der Waals surface area contributed by atoms with Crippen LogP contribution in [0.2, 0.25) is 0 Å². The molecule has 1 aromatic heterocycles. The minimum atomic E-state index is -0.0804. The summed E-state index contributed by atoms with van der Waals surface area (Å²) in [6.07, 6.45) is 5.52.